The Morgan fingerprint density at radius 3 is 2.41 bits per heavy atom. The molecule has 4 rings (SSSR count). The van der Waals surface area contributed by atoms with Crippen molar-refractivity contribution in [1.29, 1.82) is 0 Å². The minimum atomic E-state index is -1.58. The quantitative estimate of drug-likeness (QED) is 0.668. The standard InChI is InChI=1S/C22H30O7/c1-10-7-12(27-5)18(25)20(2)11(10)8-14-21(3)13(9-15(23)29-14)22(4,26)19(28-6)16(24)17(20)21/h7,9-11,14,16-17,19,24,26H,8H2,1-6H3/t10-,11+,14-,16+,17-,19-,20+,21-,22+/m1/s1. The van der Waals surface area contributed by atoms with Gasteiger partial charge in [-0.05, 0) is 36.8 Å². The molecule has 9 atom stereocenters. The van der Waals surface area contributed by atoms with E-state index in [1.165, 1.54) is 20.3 Å². The molecule has 3 aliphatic carbocycles. The average molecular weight is 406 g/mol. The molecule has 0 radical (unpaired) electrons. The average Bonchev–Trinajstić information content (AvgIpc) is 2.63. The molecular formula is C22H30O7. The summed E-state index contributed by atoms with van der Waals surface area (Å²) < 4.78 is 16.6. The minimum Gasteiger partial charge on any atom is -0.493 e. The summed E-state index contributed by atoms with van der Waals surface area (Å²) in [5, 5.41) is 22.8. The van der Waals surface area contributed by atoms with Crippen LogP contribution in [0.2, 0.25) is 0 Å². The Morgan fingerprint density at radius 1 is 1.17 bits per heavy atom. The van der Waals surface area contributed by atoms with Crippen LogP contribution in [0, 0.1) is 28.6 Å². The fraction of sp³-hybridized carbons (Fsp3) is 0.727. The van der Waals surface area contributed by atoms with E-state index in [0.717, 1.165) is 0 Å². The number of fused-ring (bicyclic) bond motifs is 2. The van der Waals surface area contributed by atoms with Gasteiger partial charge in [0, 0.05) is 29.9 Å². The van der Waals surface area contributed by atoms with E-state index in [1.807, 2.05) is 26.8 Å². The summed E-state index contributed by atoms with van der Waals surface area (Å²) in [7, 11) is 2.89. The first-order valence-electron chi connectivity index (χ1n) is 10.1. The first kappa shape index (κ1) is 20.6. The van der Waals surface area contributed by atoms with Gasteiger partial charge in [0.25, 0.3) is 0 Å². The maximum Gasteiger partial charge on any atom is 0.331 e. The molecule has 1 heterocycles. The van der Waals surface area contributed by atoms with Crippen LogP contribution < -0.4 is 0 Å². The molecule has 0 spiro atoms. The third-order valence-corrected chi connectivity index (χ3v) is 8.29. The molecule has 7 heteroatoms. The first-order valence-corrected chi connectivity index (χ1v) is 10.1. The minimum absolute atomic E-state index is 0.0131. The van der Waals surface area contributed by atoms with Crippen LogP contribution in [-0.2, 0) is 23.8 Å². The predicted molar refractivity (Wildman–Crippen MR) is 102 cm³/mol. The summed E-state index contributed by atoms with van der Waals surface area (Å²) in [4.78, 5) is 26.0. The lowest BCUT2D eigenvalue weighted by Gasteiger charge is -2.67. The fourth-order valence-electron chi connectivity index (χ4n) is 7.09. The fourth-order valence-corrected chi connectivity index (χ4v) is 7.09. The van der Waals surface area contributed by atoms with Crippen LogP contribution in [0.5, 0.6) is 0 Å². The van der Waals surface area contributed by atoms with Crippen molar-refractivity contribution < 1.29 is 34.0 Å². The Bertz CT molecular complexity index is 827. The lowest BCUT2D eigenvalue weighted by atomic mass is 9.39. The summed E-state index contributed by atoms with van der Waals surface area (Å²) in [5.41, 5.74) is -3.01. The van der Waals surface area contributed by atoms with Gasteiger partial charge in [0.15, 0.2) is 5.76 Å². The number of aliphatic hydroxyl groups excluding tert-OH is 1. The lowest BCUT2D eigenvalue weighted by molar-refractivity contribution is -0.251. The highest BCUT2D eigenvalue weighted by Gasteiger charge is 2.73. The van der Waals surface area contributed by atoms with Crippen molar-refractivity contribution >= 4 is 11.8 Å². The molecule has 0 bridgehead atoms. The number of rotatable bonds is 2. The van der Waals surface area contributed by atoms with Gasteiger partial charge in [0.2, 0.25) is 5.78 Å². The number of carbonyl (C=O) groups is 2. The normalized spacial score (nSPS) is 51.3. The van der Waals surface area contributed by atoms with Gasteiger partial charge in [0.1, 0.15) is 17.8 Å². The van der Waals surface area contributed by atoms with E-state index < -0.39 is 46.6 Å². The molecule has 2 N–H and O–H groups in total. The van der Waals surface area contributed by atoms with Crippen molar-refractivity contribution in [3.63, 3.8) is 0 Å². The largest absolute Gasteiger partial charge is 0.493 e. The van der Waals surface area contributed by atoms with Gasteiger partial charge in [-0.1, -0.05) is 20.8 Å². The third-order valence-electron chi connectivity index (χ3n) is 8.29. The molecule has 0 aromatic carbocycles. The van der Waals surface area contributed by atoms with Gasteiger partial charge in [-0.2, -0.15) is 0 Å². The van der Waals surface area contributed by atoms with Gasteiger partial charge >= 0.3 is 5.97 Å². The molecule has 2 fully saturated rings. The van der Waals surface area contributed by atoms with E-state index in [1.54, 1.807) is 6.92 Å². The van der Waals surface area contributed by atoms with Crippen molar-refractivity contribution in [3.05, 3.63) is 23.5 Å². The number of allylic oxidation sites excluding steroid dienone is 2. The SMILES string of the molecule is COC1=C[C@@H](C)[C@@H]2C[C@H]3OC(=O)C=C4[C@@]3(C)[C@H]([C@H](O)[C@@H](OC)[C@@]4(C)O)[C@@]2(C)C1=O. The van der Waals surface area contributed by atoms with Crippen molar-refractivity contribution in [2.75, 3.05) is 14.2 Å². The number of hydrogen-bond acceptors (Lipinski definition) is 7. The van der Waals surface area contributed by atoms with Crippen molar-refractivity contribution in [1.82, 2.24) is 0 Å². The molecule has 160 valence electrons. The van der Waals surface area contributed by atoms with Gasteiger partial charge in [-0.15, -0.1) is 0 Å². The zero-order chi connectivity index (χ0) is 21.5. The number of ether oxygens (including phenoxy) is 3. The van der Waals surface area contributed by atoms with Crippen molar-refractivity contribution in [3.8, 4) is 0 Å². The van der Waals surface area contributed by atoms with Gasteiger partial charge in [-0.3, -0.25) is 4.79 Å². The number of ketones is 1. The molecule has 2 saturated carbocycles. The molecule has 0 aromatic rings. The number of aliphatic hydroxyl groups is 2. The summed E-state index contributed by atoms with van der Waals surface area (Å²) in [5.74, 6) is -1.19. The topological polar surface area (TPSA) is 102 Å². The first-order chi connectivity index (χ1) is 13.4. The van der Waals surface area contributed by atoms with Crippen LogP contribution in [0.25, 0.3) is 0 Å². The highest BCUT2D eigenvalue weighted by atomic mass is 16.5. The van der Waals surface area contributed by atoms with Crippen molar-refractivity contribution in [2.45, 2.75) is 58.0 Å². The van der Waals surface area contributed by atoms with Crippen LogP contribution in [0.15, 0.2) is 23.5 Å². The number of carbonyl (C=O) groups excluding carboxylic acids is 2. The van der Waals surface area contributed by atoms with Gasteiger partial charge in [-0.25, -0.2) is 4.79 Å². The molecular weight excluding hydrogens is 376 g/mol. The summed E-state index contributed by atoms with van der Waals surface area (Å²) in [6.07, 6.45) is 0.913. The molecule has 0 aromatic heterocycles. The molecule has 4 aliphatic rings. The van der Waals surface area contributed by atoms with E-state index in [4.69, 9.17) is 14.2 Å². The Labute approximate surface area is 170 Å². The predicted octanol–water partition coefficient (Wildman–Crippen LogP) is 1.38. The Hall–Kier alpha value is -1.70. The molecule has 0 unspecified atom stereocenters. The van der Waals surface area contributed by atoms with E-state index in [9.17, 15) is 19.8 Å². The Morgan fingerprint density at radius 2 is 1.83 bits per heavy atom. The second-order valence-corrected chi connectivity index (χ2v) is 9.59. The second kappa shape index (κ2) is 6.15. The zero-order valence-corrected chi connectivity index (χ0v) is 17.8. The number of hydrogen-bond donors (Lipinski definition) is 2. The highest BCUT2D eigenvalue weighted by Crippen LogP contribution is 2.68. The molecule has 29 heavy (non-hydrogen) atoms. The third kappa shape index (κ3) is 2.29. The van der Waals surface area contributed by atoms with E-state index in [0.29, 0.717) is 12.0 Å². The summed E-state index contributed by atoms with van der Waals surface area (Å²) in [6, 6.07) is 0. The number of esters is 1. The second-order valence-electron chi connectivity index (χ2n) is 9.59. The van der Waals surface area contributed by atoms with E-state index in [-0.39, 0.29) is 23.4 Å². The maximum absolute atomic E-state index is 13.6. The van der Waals surface area contributed by atoms with Crippen LogP contribution in [0.4, 0.5) is 0 Å². The van der Waals surface area contributed by atoms with Crippen LogP contribution in [0.1, 0.15) is 34.1 Å². The van der Waals surface area contributed by atoms with Crippen LogP contribution >= 0.6 is 0 Å². The van der Waals surface area contributed by atoms with E-state index in [2.05, 4.69) is 0 Å². The highest BCUT2D eigenvalue weighted by molar-refractivity contribution is 6.00. The van der Waals surface area contributed by atoms with Gasteiger partial charge in [0.05, 0.1) is 13.2 Å². The summed E-state index contributed by atoms with van der Waals surface area (Å²) >= 11 is 0. The zero-order valence-electron chi connectivity index (χ0n) is 17.8. The van der Waals surface area contributed by atoms with Gasteiger partial charge < -0.3 is 24.4 Å². The number of methoxy groups -OCH3 is 2. The van der Waals surface area contributed by atoms with Crippen LogP contribution in [-0.4, -0.2) is 60.1 Å². The number of Topliss-reactive ketones (excluding diaryl/α,β-unsaturated/α-hetero) is 1. The molecule has 7 nitrogen and oxygen atoms in total. The Balaban J connectivity index is 2.00. The smallest absolute Gasteiger partial charge is 0.331 e. The van der Waals surface area contributed by atoms with E-state index >= 15 is 0 Å². The van der Waals surface area contributed by atoms with Crippen LogP contribution in [0.3, 0.4) is 0 Å². The molecule has 1 aliphatic heterocycles. The monoisotopic (exact) mass is 406 g/mol. The molecule has 0 saturated heterocycles. The maximum atomic E-state index is 13.6. The van der Waals surface area contributed by atoms with Crippen molar-refractivity contribution in [2.24, 2.45) is 28.6 Å². The summed E-state index contributed by atoms with van der Waals surface area (Å²) in [6.45, 7) is 7.32. The Kier molecular flexibility index (Phi) is 4.37. The lowest BCUT2D eigenvalue weighted by Crippen LogP contribution is -2.74. The molecule has 0 amide bonds.